The quantitative estimate of drug-likeness (QED) is 0.403. The number of aromatic nitrogens is 2. The average Bonchev–Trinajstić information content (AvgIpc) is 2.99. The summed E-state index contributed by atoms with van der Waals surface area (Å²) in [6, 6.07) is 11.9. The number of carbonyl (C=O) groups is 1. The summed E-state index contributed by atoms with van der Waals surface area (Å²) in [5, 5.41) is 16.3. The van der Waals surface area contributed by atoms with Gasteiger partial charge in [-0.25, -0.2) is 4.98 Å². The molecule has 214 valence electrons. The van der Waals surface area contributed by atoms with Gasteiger partial charge in [0.15, 0.2) is 0 Å². The number of nitrogens with zero attached hydrogens (tertiary/aromatic N) is 4. The average molecular weight is 555 g/mol. The van der Waals surface area contributed by atoms with Crippen molar-refractivity contribution in [2.24, 2.45) is 0 Å². The highest BCUT2D eigenvalue weighted by Crippen LogP contribution is 2.33. The predicted octanol–water partition coefficient (Wildman–Crippen LogP) is 4.02. The van der Waals surface area contributed by atoms with Gasteiger partial charge in [-0.05, 0) is 68.1 Å². The fraction of sp³-hybridized carbons (Fsp3) is 0.406. The molecule has 2 fully saturated rings. The Kier molecular flexibility index (Phi) is 8.27. The first-order valence-electron chi connectivity index (χ1n) is 14.6. The number of nitrogens with one attached hydrogen (secondary N) is 2. The van der Waals surface area contributed by atoms with E-state index in [0.29, 0.717) is 23.7 Å². The van der Waals surface area contributed by atoms with Crippen molar-refractivity contribution in [3.8, 4) is 17.0 Å². The number of benzene rings is 1. The van der Waals surface area contributed by atoms with Crippen molar-refractivity contribution in [3.63, 3.8) is 0 Å². The van der Waals surface area contributed by atoms with Gasteiger partial charge >= 0.3 is 0 Å². The number of hydrogen-bond donors (Lipinski definition) is 3. The molecule has 6 rings (SSSR count). The topological polar surface area (TPSA) is 103 Å². The lowest BCUT2D eigenvalue weighted by molar-refractivity contribution is -0.111. The lowest BCUT2D eigenvalue weighted by Crippen LogP contribution is -2.35. The number of amides is 1. The van der Waals surface area contributed by atoms with Crippen LogP contribution in [0.4, 0.5) is 11.4 Å². The summed E-state index contributed by atoms with van der Waals surface area (Å²) in [5.74, 6) is 0.368. The molecule has 2 saturated heterocycles. The zero-order chi connectivity index (χ0) is 28.2. The van der Waals surface area contributed by atoms with Crippen LogP contribution >= 0.6 is 0 Å². The first-order chi connectivity index (χ1) is 20.0. The molecule has 1 aromatic carbocycles. The third-order valence-electron chi connectivity index (χ3n) is 8.19. The maximum atomic E-state index is 13.5. The molecule has 3 aliphatic heterocycles. The Morgan fingerprint density at radius 2 is 1.88 bits per heavy atom. The van der Waals surface area contributed by atoms with E-state index in [1.54, 1.807) is 18.3 Å². The number of aliphatic hydroxyl groups excluding tert-OH is 1. The number of carbonyl (C=O) groups excluding carboxylic acids is 1. The van der Waals surface area contributed by atoms with Gasteiger partial charge < -0.3 is 25.4 Å². The molecule has 0 bridgehead atoms. The molecule has 3 N–H and O–H groups in total. The molecule has 2 aromatic heterocycles. The lowest BCUT2D eigenvalue weighted by atomic mass is 9.94. The monoisotopic (exact) mass is 554 g/mol. The third kappa shape index (κ3) is 6.75. The molecule has 3 aromatic rings. The van der Waals surface area contributed by atoms with Crippen LogP contribution in [-0.4, -0.2) is 82.8 Å². The van der Waals surface area contributed by atoms with Gasteiger partial charge in [0.25, 0.3) is 5.91 Å². The van der Waals surface area contributed by atoms with Gasteiger partial charge in [0.1, 0.15) is 6.10 Å². The summed E-state index contributed by atoms with van der Waals surface area (Å²) in [6.07, 6.45) is 10.9. The van der Waals surface area contributed by atoms with Gasteiger partial charge in [-0.1, -0.05) is 12.1 Å². The Morgan fingerprint density at radius 3 is 2.71 bits per heavy atom. The first-order valence-corrected chi connectivity index (χ1v) is 14.6. The Bertz CT molecular complexity index is 1410. The van der Waals surface area contributed by atoms with Crippen LogP contribution in [0.3, 0.4) is 0 Å². The van der Waals surface area contributed by atoms with Crippen LogP contribution < -0.4 is 15.4 Å². The number of pyridine rings is 2. The molecule has 0 spiro atoms. The number of anilines is 2. The molecule has 1 amide bonds. The number of ether oxygens (including phenoxy) is 1. The van der Waals surface area contributed by atoms with Gasteiger partial charge in [-0.2, -0.15) is 0 Å². The van der Waals surface area contributed by atoms with Crippen molar-refractivity contribution in [2.45, 2.75) is 44.4 Å². The van der Waals surface area contributed by atoms with E-state index in [1.807, 2.05) is 24.5 Å². The fourth-order valence-corrected chi connectivity index (χ4v) is 5.78. The van der Waals surface area contributed by atoms with Crippen LogP contribution in [0.2, 0.25) is 0 Å². The van der Waals surface area contributed by atoms with Gasteiger partial charge in [0.05, 0.1) is 6.10 Å². The maximum absolute atomic E-state index is 13.5. The SMILES string of the molecule is CN1CCC(Oc2cc(NC(=O)C3=CCNc4ccc(-c5cncc(CN6CCC(O)CC6)c5)cc43)ccn2)CC1. The maximum Gasteiger partial charge on any atom is 0.256 e. The van der Waals surface area contributed by atoms with E-state index in [-0.39, 0.29) is 18.1 Å². The summed E-state index contributed by atoms with van der Waals surface area (Å²) in [6.45, 7) is 5.19. The molecule has 0 saturated carbocycles. The Morgan fingerprint density at radius 1 is 1.05 bits per heavy atom. The largest absolute Gasteiger partial charge is 0.474 e. The second-order valence-electron chi connectivity index (χ2n) is 11.3. The minimum absolute atomic E-state index is 0.142. The second-order valence-corrected chi connectivity index (χ2v) is 11.3. The highest BCUT2D eigenvalue weighted by molar-refractivity contribution is 6.27. The Hall–Kier alpha value is -3.79. The predicted molar refractivity (Wildman–Crippen MR) is 161 cm³/mol. The van der Waals surface area contributed by atoms with Crippen LogP contribution in [-0.2, 0) is 11.3 Å². The zero-order valence-electron chi connectivity index (χ0n) is 23.6. The second kappa shape index (κ2) is 12.4. The molecular formula is C32H38N6O3. The van der Waals surface area contributed by atoms with Crippen LogP contribution in [0.25, 0.3) is 16.7 Å². The zero-order valence-corrected chi connectivity index (χ0v) is 23.6. The van der Waals surface area contributed by atoms with Crippen molar-refractivity contribution in [2.75, 3.05) is 50.4 Å². The number of likely N-dealkylation sites (tertiary alicyclic amines) is 2. The van der Waals surface area contributed by atoms with Crippen molar-refractivity contribution in [1.82, 2.24) is 19.8 Å². The van der Waals surface area contributed by atoms with Crippen molar-refractivity contribution >= 4 is 22.9 Å². The van der Waals surface area contributed by atoms with E-state index in [4.69, 9.17) is 4.74 Å². The van der Waals surface area contributed by atoms with E-state index >= 15 is 0 Å². The molecule has 0 radical (unpaired) electrons. The van der Waals surface area contributed by atoms with Gasteiger partial charge in [-0.15, -0.1) is 0 Å². The van der Waals surface area contributed by atoms with Crippen LogP contribution in [0.5, 0.6) is 5.88 Å². The number of rotatable bonds is 7. The smallest absolute Gasteiger partial charge is 0.256 e. The lowest BCUT2D eigenvalue weighted by Gasteiger charge is -2.29. The van der Waals surface area contributed by atoms with E-state index in [2.05, 4.69) is 55.6 Å². The Labute approximate surface area is 241 Å². The van der Waals surface area contributed by atoms with Crippen LogP contribution in [0.1, 0.15) is 36.8 Å². The number of fused-ring (bicyclic) bond motifs is 1. The minimum Gasteiger partial charge on any atom is -0.474 e. The molecule has 0 atom stereocenters. The number of hydrogen-bond acceptors (Lipinski definition) is 8. The Balaban J connectivity index is 1.16. The third-order valence-corrected chi connectivity index (χ3v) is 8.19. The first kappa shape index (κ1) is 27.4. The molecule has 9 heteroatoms. The van der Waals surface area contributed by atoms with E-state index < -0.39 is 0 Å². The summed E-state index contributed by atoms with van der Waals surface area (Å²) in [4.78, 5) is 27.0. The normalized spacial score (nSPS) is 18.7. The van der Waals surface area contributed by atoms with Gasteiger partial charge in [-0.3, -0.25) is 14.7 Å². The molecule has 9 nitrogen and oxygen atoms in total. The molecular weight excluding hydrogens is 516 g/mol. The highest BCUT2D eigenvalue weighted by atomic mass is 16.5. The van der Waals surface area contributed by atoms with Crippen LogP contribution in [0, 0.1) is 0 Å². The molecule has 41 heavy (non-hydrogen) atoms. The fourth-order valence-electron chi connectivity index (χ4n) is 5.78. The number of piperidine rings is 2. The highest BCUT2D eigenvalue weighted by Gasteiger charge is 2.22. The molecule has 0 unspecified atom stereocenters. The van der Waals surface area contributed by atoms with E-state index in [0.717, 1.165) is 86.3 Å². The van der Waals surface area contributed by atoms with Gasteiger partial charge in [0, 0.05) is 92.0 Å². The van der Waals surface area contributed by atoms with Gasteiger partial charge in [0.2, 0.25) is 5.88 Å². The van der Waals surface area contributed by atoms with Crippen LogP contribution in [0.15, 0.2) is 61.1 Å². The van der Waals surface area contributed by atoms with Crippen molar-refractivity contribution in [3.05, 3.63) is 72.2 Å². The summed E-state index contributed by atoms with van der Waals surface area (Å²) >= 11 is 0. The standard InChI is InChI=1S/C32H38N6O3/c1-37-12-8-27(9-13-37)41-31-18-25(4-10-35-31)36-32(40)28-5-11-34-30-3-2-23(17-29(28)30)24-16-22(19-33-20-24)21-38-14-6-26(39)7-15-38/h2-5,10,16-20,26-27,34,39H,6-9,11-15,21H2,1H3,(H,35,36,40). The molecule has 0 aliphatic carbocycles. The summed E-state index contributed by atoms with van der Waals surface area (Å²) in [5.41, 5.74) is 6.24. The van der Waals surface area contributed by atoms with Crippen molar-refractivity contribution < 1.29 is 14.6 Å². The summed E-state index contributed by atoms with van der Waals surface area (Å²) in [7, 11) is 2.12. The van der Waals surface area contributed by atoms with E-state index in [9.17, 15) is 9.90 Å². The van der Waals surface area contributed by atoms with E-state index in [1.165, 1.54) is 0 Å². The molecule has 5 heterocycles. The molecule has 3 aliphatic rings. The number of aliphatic hydroxyl groups is 1. The minimum atomic E-state index is -0.183. The van der Waals surface area contributed by atoms with Crippen molar-refractivity contribution in [1.29, 1.82) is 0 Å². The summed E-state index contributed by atoms with van der Waals surface area (Å²) < 4.78 is 6.12.